The van der Waals surface area contributed by atoms with E-state index in [9.17, 15) is 9.90 Å². The number of aliphatic hydroxyl groups is 2. The van der Waals surface area contributed by atoms with Gasteiger partial charge in [0.2, 0.25) is 0 Å². The summed E-state index contributed by atoms with van der Waals surface area (Å²) in [5.41, 5.74) is 6.66. The fraction of sp³-hybridized carbons (Fsp3) is 0.545. The Morgan fingerprint density at radius 2 is 2.33 bits per heavy atom. The summed E-state index contributed by atoms with van der Waals surface area (Å²) in [7, 11) is 1.58. The summed E-state index contributed by atoms with van der Waals surface area (Å²) in [5.74, 6) is 0. The second-order valence-electron chi connectivity index (χ2n) is 4.45. The van der Waals surface area contributed by atoms with Crippen molar-refractivity contribution in [3.05, 3.63) is 24.0 Å². The maximum atomic E-state index is 11.4. The number of hydrogen-bond donors (Lipinski definition) is 4. The summed E-state index contributed by atoms with van der Waals surface area (Å²) >= 11 is 0. The molecule has 1 unspecified atom stereocenters. The molecular formula is C11H17N3O4. The first-order valence-corrected chi connectivity index (χ1v) is 5.60. The molecular weight excluding hydrogens is 238 g/mol. The summed E-state index contributed by atoms with van der Waals surface area (Å²) in [6, 6.07) is -0.976. The summed E-state index contributed by atoms with van der Waals surface area (Å²) < 4.78 is 5.50. The first kappa shape index (κ1) is 13.0. The lowest BCUT2D eigenvalue weighted by Crippen LogP contribution is -2.44. The third-order valence-electron chi connectivity index (χ3n) is 3.20. The number of urea groups is 1. The highest BCUT2D eigenvalue weighted by atomic mass is 16.5. The van der Waals surface area contributed by atoms with E-state index < -0.39 is 24.4 Å². The van der Waals surface area contributed by atoms with Crippen molar-refractivity contribution in [1.82, 2.24) is 10.2 Å². The molecule has 18 heavy (non-hydrogen) atoms. The summed E-state index contributed by atoms with van der Waals surface area (Å²) in [6.07, 6.45) is -0.732. The molecule has 0 saturated carbocycles. The van der Waals surface area contributed by atoms with Crippen LogP contribution in [0.15, 0.2) is 24.0 Å². The van der Waals surface area contributed by atoms with Crippen molar-refractivity contribution in [3.8, 4) is 0 Å². The number of ether oxygens (including phenoxy) is 1. The number of nitrogens with zero attached hydrogens (tertiary/aromatic N) is 1. The molecule has 1 saturated heterocycles. The van der Waals surface area contributed by atoms with Crippen molar-refractivity contribution in [3.63, 3.8) is 0 Å². The van der Waals surface area contributed by atoms with Gasteiger partial charge in [-0.05, 0) is 0 Å². The molecule has 0 aliphatic carbocycles. The summed E-state index contributed by atoms with van der Waals surface area (Å²) in [6.45, 7) is 3.45. The standard InChI is InChI=1S/C11H17N3O4/c1-5-6(3-14(2)11(17)13-5)10-9(16)8(12)7(4-15)18-10/h3,7-10,15-16H,1,4,12H2,2H3,(H,13,17)/t7-,8?,9+,10+/m1/s1. The van der Waals surface area contributed by atoms with Gasteiger partial charge in [-0.2, -0.15) is 0 Å². The zero-order chi connectivity index (χ0) is 13.4. The van der Waals surface area contributed by atoms with Crippen LogP contribution in [0.4, 0.5) is 4.79 Å². The van der Waals surface area contributed by atoms with E-state index in [1.54, 1.807) is 13.2 Å². The van der Waals surface area contributed by atoms with Crippen molar-refractivity contribution in [2.45, 2.75) is 24.4 Å². The quantitative estimate of drug-likeness (QED) is 0.479. The molecule has 0 bridgehead atoms. The molecule has 2 aliphatic rings. The van der Waals surface area contributed by atoms with E-state index in [0.29, 0.717) is 11.3 Å². The van der Waals surface area contributed by atoms with Crippen LogP contribution in [0, 0.1) is 0 Å². The van der Waals surface area contributed by atoms with Crippen molar-refractivity contribution in [1.29, 1.82) is 0 Å². The monoisotopic (exact) mass is 255 g/mol. The highest BCUT2D eigenvalue weighted by Crippen LogP contribution is 2.29. The molecule has 7 heteroatoms. The van der Waals surface area contributed by atoms with Crippen LogP contribution >= 0.6 is 0 Å². The van der Waals surface area contributed by atoms with Crippen LogP contribution in [0.25, 0.3) is 0 Å². The van der Waals surface area contributed by atoms with E-state index in [1.165, 1.54) is 4.90 Å². The lowest BCUT2D eigenvalue weighted by Gasteiger charge is -2.28. The Morgan fingerprint density at radius 1 is 1.67 bits per heavy atom. The van der Waals surface area contributed by atoms with E-state index in [4.69, 9.17) is 15.6 Å². The molecule has 0 radical (unpaired) electrons. The van der Waals surface area contributed by atoms with E-state index >= 15 is 0 Å². The number of amides is 2. The molecule has 2 heterocycles. The van der Waals surface area contributed by atoms with Gasteiger partial charge in [0.1, 0.15) is 12.2 Å². The third-order valence-corrected chi connectivity index (χ3v) is 3.20. The number of carbonyl (C=O) groups excluding carboxylic acids is 1. The van der Waals surface area contributed by atoms with Crippen LogP contribution in [-0.4, -0.2) is 59.2 Å². The minimum Gasteiger partial charge on any atom is -0.394 e. The number of carbonyl (C=O) groups is 1. The number of nitrogens with two attached hydrogens (primary N) is 1. The zero-order valence-electron chi connectivity index (χ0n) is 10.0. The molecule has 4 atom stereocenters. The van der Waals surface area contributed by atoms with Crippen LogP contribution in [0.5, 0.6) is 0 Å². The second kappa shape index (κ2) is 4.69. The molecule has 2 rings (SSSR count). The van der Waals surface area contributed by atoms with Crippen molar-refractivity contribution in [2.75, 3.05) is 13.7 Å². The van der Waals surface area contributed by atoms with Gasteiger partial charge < -0.3 is 30.9 Å². The molecule has 2 amide bonds. The van der Waals surface area contributed by atoms with Crippen molar-refractivity contribution >= 4 is 6.03 Å². The molecule has 100 valence electrons. The predicted molar refractivity (Wildman–Crippen MR) is 63.2 cm³/mol. The Bertz CT molecular complexity index is 409. The molecule has 1 fully saturated rings. The third kappa shape index (κ3) is 2.01. The fourth-order valence-corrected chi connectivity index (χ4v) is 2.08. The first-order valence-electron chi connectivity index (χ1n) is 5.60. The van der Waals surface area contributed by atoms with Gasteiger partial charge in [0.05, 0.1) is 18.8 Å². The average molecular weight is 255 g/mol. The van der Waals surface area contributed by atoms with Crippen LogP contribution in [0.2, 0.25) is 0 Å². The molecule has 7 nitrogen and oxygen atoms in total. The van der Waals surface area contributed by atoms with E-state index in [-0.39, 0.29) is 12.6 Å². The molecule has 0 aromatic carbocycles. The Kier molecular flexibility index (Phi) is 3.40. The van der Waals surface area contributed by atoms with E-state index in [0.717, 1.165) is 0 Å². The molecule has 0 aromatic heterocycles. The second-order valence-corrected chi connectivity index (χ2v) is 4.45. The maximum absolute atomic E-state index is 11.4. The summed E-state index contributed by atoms with van der Waals surface area (Å²) in [5, 5.41) is 21.7. The minimum atomic E-state index is -0.950. The Labute approximate surface area is 105 Å². The molecule has 0 spiro atoms. The Hall–Kier alpha value is -1.41. The van der Waals surface area contributed by atoms with E-state index in [1.807, 2.05) is 0 Å². The lowest BCUT2D eigenvalue weighted by atomic mass is 9.98. The van der Waals surface area contributed by atoms with Gasteiger partial charge in [-0.25, -0.2) is 4.79 Å². The fourth-order valence-electron chi connectivity index (χ4n) is 2.08. The lowest BCUT2D eigenvalue weighted by molar-refractivity contribution is 0.00827. The minimum absolute atomic E-state index is 0.267. The number of aliphatic hydroxyl groups excluding tert-OH is 2. The molecule has 0 aromatic rings. The van der Waals surface area contributed by atoms with Gasteiger partial charge in [-0.1, -0.05) is 6.58 Å². The van der Waals surface area contributed by atoms with Gasteiger partial charge in [0.15, 0.2) is 0 Å². The van der Waals surface area contributed by atoms with E-state index in [2.05, 4.69) is 11.9 Å². The van der Waals surface area contributed by atoms with Gasteiger partial charge in [-0.3, -0.25) is 0 Å². The molecule has 5 N–H and O–H groups in total. The maximum Gasteiger partial charge on any atom is 0.325 e. The summed E-state index contributed by atoms with van der Waals surface area (Å²) in [4.78, 5) is 12.7. The Morgan fingerprint density at radius 3 is 2.89 bits per heavy atom. The van der Waals surface area contributed by atoms with Crippen molar-refractivity contribution in [2.24, 2.45) is 5.73 Å². The smallest absolute Gasteiger partial charge is 0.325 e. The van der Waals surface area contributed by atoms with Crippen LogP contribution in [-0.2, 0) is 4.74 Å². The molecule has 2 aliphatic heterocycles. The topological polar surface area (TPSA) is 108 Å². The largest absolute Gasteiger partial charge is 0.394 e. The van der Waals surface area contributed by atoms with Crippen LogP contribution in [0.3, 0.4) is 0 Å². The van der Waals surface area contributed by atoms with Gasteiger partial charge >= 0.3 is 6.03 Å². The van der Waals surface area contributed by atoms with Gasteiger partial charge in [0.25, 0.3) is 0 Å². The first-order chi connectivity index (χ1) is 8.45. The predicted octanol–water partition coefficient (Wildman–Crippen LogP) is -1.51. The van der Waals surface area contributed by atoms with Crippen molar-refractivity contribution < 1.29 is 19.7 Å². The normalized spacial score (nSPS) is 36.7. The highest BCUT2D eigenvalue weighted by Gasteiger charge is 2.44. The van der Waals surface area contributed by atoms with Gasteiger partial charge in [-0.15, -0.1) is 0 Å². The SMILES string of the molecule is C=C1NC(=O)N(C)C=C1[C@@H]1O[C@H](CO)C(N)[C@@H]1O. The average Bonchev–Trinajstić information content (AvgIpc) is 2.61. The number of nitrogens with one attached hydrogen (secondary N) is 1. The van der Waals surface area contributed by atoms with Crippen LogP contribution < -0.4 is 11.1 Å². The van der Waals surface area contributed by atoms with Gasteiger partial charge in [0, 0.05) is 24.5 Å². The Balaban J connectivity index is 2.24. The zero-order valence-corrected chi connectivity index (χ0v) is 10.0. The highest BCUT2D eigenvalue weighted by molar-refractivity contribution is 5.80. The van der Waals surface area contributed by atoms with Crippen LogP contribution in [0.1, 0.15) is 0 Å². The number of rotatable bonds is 2. The number of hydrogen-bond acceptors (Lipinski definition) is 5.